The summed E-state index contributed by atoms with van der Waals surface area (Å²) >= 11 is 5.99. The Balaban J connectivity index is 2.25. The Hall–Kier alpha value is -2.14. The summed E-state index contributed by atoms with van der Waals surface area (Å²) < 4.78 is 0. The van der Waals surface area contributed by atoms with Gasteiger partial charge in [-0.05, 0) is 24.6 Å². The van der Waals surface area contributed by atoms with Gasteiger partial charge in [0.25, 0.3) is 0 Å². The van der Waals surface area contributed by atoms with Crippen LogP contribution in [0.15, 0.2) is 30.6 Å². The van der Waals surface area contributed by atoms with Crippen molar-refractivity contribution in [2.45, 2.75) is 6.92 Å². The molecule has 18 heavy (non-hydrogen) atoms. The van der Waals surface area contributed by atoms with Crippen LogP contribution in [0.1, 0.15) is 16.1 Å². The second-order valence-corrected chi connectivity index (χ2v) is 4.09. The molecule has 0 fully saturated rings. The molecule has 2 aromatic rings. The Morgan fingerprint density at radius 3 is 2.83 bits per heavy atom. The third-order valence-corrected chi connectivity index (χ3v) is 2.71. The van der Waals surface area contributed by atoms with Crippen LogP contribution >= 0.6 is 11.6 Å². The highest BCUT2D eigenvalue weighted by Crippen LogP contribution is 2.22. The molecule has 5 nitrogen and oxygen atoms in total. The van der Waals surface area contributed by atoms with E-state index in [1.807, 2.05) is 19.1 Å². The van der Waals surface area contributed by atoms with Gasteiger partial charge in [0.1, 0.15) is 5.82 Å². The lowest BCUT2D eigenvalue weighted by molar-refractivity contribution is 0.0690. The van der Waals surface area contributed by atoms with Crippen LogP contribution in [0, 0.1) is 6.92 Å². The lowest BCUT2D eigenvalue weighted by atomic mass is 10.2. The first-order valence-corrected chi connectivity index (χ1v) is 5.52. The largest absolute Gasteiger partial charge is 0.476 e. The maximum atomic E-state index is 10.8. The Labute approximate surface area is 108 Å². The van der Waals surface area contributed by atoms with Crippen LogP contribution in [0.2, 0.25) is 5.02 Å². The van der Waals surface area contributed by atoms with Crippen molar-refractivity contribution in [3.05, 3.63) is 46.9 Å². The van der Waals surface area contributed by atoms with Gasteiger partial charge in [-0.2, -0.15) is 0 Å². The number of anilines is 2. The zero-order valence-corrected chi connectivity index (χ0v) is 10.3. The number of carboxylic acids is 1. The highest BCUT2D eigenvalue weighted by Gasteiger charge is 2.06. The molecule has 92 valence electrons. The number of rotatable bonds is 3. The SMILES string of the molecule is Cc1ccc(Nc2cncc(C(=O)O)n2)cc1Cl. The summed E-state index contributed by atoms with van der Waals surface area (Å²) in [6, 6.07) is 5.43. The smallest absolute Gasteiger partial charge is 0.356 e. The summed E-state index contributed by atoms with van der Waals surface area (Å²) in [4.78, 5) is 18.5. The lowest BCUT2D eigenvalue weighted by Crippen LogP contribution is -2.04. The number of hydrogen-bond donors (Lipinski definition) is 2. The maximum Gasteiger partial charge on any atom is 0.356 e. The minimum atomic E-state index is -1.12. The Bertz CT molecular complexity index is 602. The molecule has 0 aliphatic rings. The van der Waals surface area contributed by atoms with Crippen LogP contribution in [0.5, 0.6) is 0 Å². The van der Waals surface area contributed by atoms with Crippen LogP contribution in [0.4, 0.5) is 11.5 Å². The fourth-order valence-corrected chi connectivity index (χ4v) is 1.53. The molecule has 0 saturated carbocycles. The quantitative estimate of drug-likeness (QED) is 0.891. The second kappa shape index (κ2) is 5.01. The molecule has 0 unspecified atom stereocenters. The van der Waals surface area contributed by atoms with Gasteiger partial charge in [-0.1, -0.05) is 17.7 Å². The van der Waals surface area contributed by atoms with E-state index < -0.39 is 5.97 Å². The van der Waals surface area contributed by atoms with Crippen molar-refractivity contribution >= 4 is 29.1 Å². The van der Waals surface area contributed by atoms with Gasteiger partial charge in [0, 0.05) is 10.7 Å². The number of nitrogens with one attached hydrogen (secondary N) is 1. The standard InChI is InChI=1S/C12H10ClN3O2/c1-7-2-3-8(4-9(7)13)15-11-6-14-5-10(16-11)12(17)18/h2-6H,1H3,(H,15,16)(H,17,18). The molecule has 0 spiro atoms. The van der Waals surface area contributed by atoms with E-state index in [0.717, 1.165) is 11.3 Å². The molecular weight excluding hydrogens is 254 g/mol. The van der Waals surface area contributed by atoms with Gasteiger partial charge in [0.15, 0.2) is 5.69 Å². The average molecular weight is 264 g/mol. The van der Waals surface area contributed by atoms with Crippen molar-refractivity contribution in [3.8, 4) is 0 Å². The maximum absolute atomic E-state index is 10.8. The first-order valence-electron chi connectivity index (χ1n) is 5.15. The predicted octanol–water partition coefficient (Wildman–Crippen LogP) is 2.88. The number of aromatic carboxylic acids is 1. The van der Waals surface area contributed by atoms with Gasteiger partial charge in [0.2, 0.25) is 0 Å². The van der Waals surface area contributed by atoms with Crippen molar-refractivity contribution < 1.29 is 9.90 Å². The number of halogens is 1. The molecule has 1 aromatic heterocycles. The molecule has 6 heteroatoms. The number of nitrogens with zero attached hydrogens (tertiary/aromatic N) is 2. The molecule has 1 heterocycles. The van der Waals surface area contributed by atoms with Crippen LogP contribution in [-0.4, -0.2) is 21.0 Å². The Kier molecular flexibility index (Phi) is 3.43. The van der Waals surface area contributed by atoms with E-state index in [9.17, 15) is 4.79 Å². The third-order valence-electron chi connectivity index (χ3n) is 2.30. The van der Waals surface area contributed by atoms with E-state index in [2.05, 4.69) is 15.3 Å². The molecular formula is C12H10ClN3O2. The second-order valence-electron chi connectivity index (χ2n) is 3.68. The summed E-state index contributed by atoms with van der Waals surface area (Å²) in [5, 5.41) is 12.4. The molecule has 0 aliphatic carbocycles. The van der Waals surface area contributed by atoms with Gasteiger partial charge in [-0.25, -0.2) is 9.78 Å². The Morgan fingerprint density at radius 2 is 2.17 bits per heavy atom. The molecule has 0 atom stereocenters. The summed E-state index contributed by atoms with van der Waals surface area (Å²) in [5.41, 5.74) is 1.58. The van der Waals surface area contributed by atoms with Crippen molar-refractivity contribution in [2.75, 3.05) is 5.32 Å². The van der Waals surface area contributed by atoms with Crippen molar-refractivity contribution in [1.29, 1.82) is 0 Å². The van der Waals surface area contributed by atoms with E-state index >= 15 is 0 Å². The zero-order chi connectivity index (χ0) is 13.1. The third kappa shape index (κ3) is 2.75. The lowest BCUT2D eigenvalue weighted by Gasteiger charge is -2.07. The van der Waals surface area contributed by atoms with Gasteiger partial charge >= 0.3 is 5.97 Å². The molecule has 0 amide bonds. The first kappa shape index (κ1) is 12.3. The van der Waals surface area contributed by atoms with E-state index in [-0.39, 0.29) is 5.69 Å². The van der Waals surface area contributed by atoms with Crippen molar-refractivity contribution in [1.82, 2.24) is 9.97 Å². The zero-order valence-electron chi connectivity index (χ0n) is 9.51. The highest BCUT2D eigenvalue weighted by molar-refractivity contribution is 6.31. The number of aromatic nitrogens is 2. The van der Waals surface area contributed by atoms with Gasteiger partial charge in [0.05, 0.1) is 12.4 Å². The van der Waals surface area contributed by atoms with E-state index in [0.29, 0.717) is 10.8 Å². The summed E-state index contributed by atoms with van der Waals surface area (Å²) in [5.74, 6) is -0.761. The predicted molar refractivity (Wildman–Crippen MR) is 68.5 cm³/mol. The number of benzene rings is 1. The Morgan fingerprint density at radius 1 is 1.39 bits per heavy atom. The topological polar surface area (TPSA) is 75.1 Å². The first-order chi connectivity index (χ1) is 8.56. The normalized spacial score (nSPS) is 10.1. The van der Waals surface area contributed by atoms with Crippen molar-refractivity contribution in [2.24, 2.45) is 0 Å². The highest BCUT2D eigenvalue weighted by atomic mass is 35.5. The molecule has 0 saturated heterocycles. The van der Waals surface area contributed by atoms with Crippen molar-refractivity contribution in [3.63, 3.8) is 0 Å². The molecule has 1 aromatic carbocycles. The molecule has 2 rings (SSSR count). The minimum Gasteiger partial charge on any atom is -0.476 e. The minimum absolute atomic E-state index is 0.113. The van der Waals surface area contributed by atoms with E-state index in [4.69, 9.17) is 16.7 Å². The fourth-order valence-electron chi connectivity index (χ4n) is 1.35. The van der Waals surface area contributed by atoms with Gasteiger partial charge in [-0.15, -0.1) is 0 Å². The van der Waals surface area contributed by atoms with E-state index in [1.54, 1.807) is 6.07 Å². The number of carbonyl (C=O) groups is 1. The number of carboxylic acid groups (broad SMARTS) is 1. The fraction of sp³-hybridized carbons (Fsp3) is 0.0833. The number of aryl methyl sites for hydroxylation is 1. The monoisotopic (exact) mass is 263 g/mol. The summed E-state index contributed by atoms with van der Waals surface area (Å²) in [7, 11) is 0. The molecule has 0 radical (unpaired) electrons. The van der Waals surface area contributed by atoms with Crippen LogP contribution in [-0.2, 0) is 0 Å². The van der Waals surface area contributed by atoms with E-state index in [1.165, 1.54) is 12.4 Å². The number of hydrogen-bond acceptors (Lipinski definition) is 4. The molecule has 2 N–H and O–H groups in total. The molecule has 0 bridgehead atoms. The van der Waals surface area contributed by atoms with Gasteiger partial charge < -0.3 is 10.4 Å². The van der Waals surface area contributed by atoms with Crippen LogP contribution in [0.3, 0.4) is 0 Å². The summed E-state index contributed by atoms with van der Waals surface area (Å²) in [6.07, 6.45) is 2.63. The summed E-state index contributed by atoms with van der Waals surface area (Å²) in [6.45, 7) is 1.90. The van der Waals surface area contributed by atoms with Crippen LogP contribution in [0.25, 0.3) is 0 Å². The molecule has 0 aliphatic heterocycles. The van der Waals surface area contributed by atoms with Gasteiger partial charge in [-0.3, -0.25) is 4.98 Å². The van der Waals surface area contributed by atoms with Crippen LogP contribution < -0.4 is 5.32 Å². The average Bonchev–Trinajstić information content (AvgIpc) is 2.34.